The lowest BCUT2D eigenvalue weighted by Crippen LogP contribution is -2.40. The molecule has 0 aliphatic heterocycles. The molecule has 0 bridgehead atoms. The van der Waals surface area contributed by atoms with E-state index in [-0.39, 0.29) is 23.8 Å². The van der Waals surface area contributed by atoms with Crippen molar-refractivity contribution in [3.63, 3.8) is 0 Å². The molecule has 0 aromatic rings. The van der Waals surface area contributed by atoms with Gasteiger partial charge >= 0.3 is 5.97 Å². The molecule has 0 aromatic carbocycles. The zero-order chi connectivity index (χ0) is 16.5. The SMILES string of the molecule is CCCC(CCNC(=O)CC(N)C(C)(C)C)CCC(=O)O. The second-order valence-electron chi connectivity index (χ2n) is 6.90. The van der Waals surface area contributed by atoms with E-state index in [2.05, 4.69) is 12.2 Å². The molecule has 0 saturated carbocycles. The third-order valence-corrected chi connectivity index (χ3v) is 3.86. The van der Waals surface area contributed by atoms with Crippen LogP contribution in [0.4, 0.5) is 0 Å². The summed E-state index contributed by atoms with van der Waals surface area (Å²) >= 11 is 0. The van der Waals surface area contributed by atoms with E-state index in [9.17, 15) is 9.59 Å². The van der Waals surface area contributed by atoms with Crippen molar-refractivity contribution >= 4 is 11.9 Å². The molecule has 5 nitrogen and oxygen atoms in total. The first-order chi connectivity index (χ1) is 9.66. The summed E-state index contributed by atoms with van der Waals surface area (Å²) in [5.41, 5.74) is 5.91. The summed E-state index contributed by atoms with van der Waals surface area (Å²) in [6.45, 7) is 8.76. The molecule has 2 atom stereocenters. The molecular formula is C16H32N2O3. The van der Waals surface area contributed by atoms with Gasteiger partial charge in [0.15, 0.2) is 0 Å². The normalized spacial score (nSPS) is 14.5. The van der Waals surface area contributed by atoms with E-state index in [4.69, 9.17) is 10.8 Å². The number of hydrogen-bond donors (Lipinski definition) is 3. The Bertz CT molecular complexity index is 324. The van der Waals surface area contributed by atoms with Crippen LogP contribution in [-0.2, 0) is 9.59 Å². The largest absolute Gasteiger partial charge is 0.481 e. The molecular weight excluding hydrogens is 268 g/mol. The highest BCUT2D eigenvalue weighted by Gasteiger charge is 2.23. The zero-order valence-corrected chi connectivity index (χ0v) is 13.9. The quantitative estimate of drug-likeness (QED) is 0.578. The average molecular weight is 300 g/mol. The van der Waals surface area contributed by atoms with Gasteiger partial charge in [-0.2, -0.15) is 0 Å². The second-order valence-corrected chi connectivity index (χ2v) is 6.90. The Morgan fingerprint density at radius 1 is 1.19 bits per heavy atom. The van der Waals surface area contributed by atoms with Gasteiger partial charge < -0.3 is 16.2 Å². The molecule has 4 N–H and O–H groups in total. The van der Waals surface area contributed by atoms with E-state index in [1.807, 2.05) is 20.8 Å². The van der Waals surface area contributed by atoms with Crippen molar-refractivity contribution in [2.24, 2.45) is 17.1 Å². The fraction of sp³-hybridized carbons (Fsp3) is 0.875. The Balaban J connectivity index is 4.02. The Labute approximate surface area is 128 Å². The number of carbonyl (C=O) groups is 2. The summed E-state index contributed by atoms with van der Waals surface area (Å²) in [4.78, 5) is 22.4. The van der Waals surface area contributed by atoms with Gasteiger partial charge in [-0.05, 0) is 24.2 Å². The van der Waals surface area contributed by atoms with Crippen molar-refractivity contribution < 1.29 is 14.7 Å². The van der Waals surface area contributed by atoms with Crippen LogP contribution in [0, 0.1) is 11.3 Å². The van der Waals surface area contributed by atoms with Crippen LogP contribution in [0.15, 0.2) is 0 Å². The smallest absolute Gasteiger partial charge is 0.303 e. The van der Waals surface area contributed by atoms with Crippen molar-refractivity contribution in [1.82, 2.24) is 5.32 Å². The number of carboxylic acids is 1. The Morgan fingerprint density at radius 2 is 1.81 bits per heavy atom. The van der Waals surface area contributed by atoms with E-state index in [0.717, 1.165) is 19.3 Å². The highest BCUT2D eigenvalue weighted by Crippen LogP contribution is 2.20. The van der Waals surface area contributed by atoms with Gasteiger partial charge in [0.25, 0.3) is 0 Å². The van der Waals surface area contributed by atoms with E-state index in [0.29, 0.717) is 25.3 Å². The summed E-state index contributed by atoms with van der Waals surface area (Å²) in [7, 11) is 0. The van der Waals surface area contributed by atoms with Crippen molar-refractivity contribution in [2.75, 3.05) is 6.54 Å². The number of rotatable bonds is 10. The molecule has 0 heterocycles. The van der Waals surface area contributed by atoms with Gasteiger partial charge in [0, 0.05) is 25.4 Å². The van der Waals surface area contributed by atoms with Gasteiger partial charge in [-0.1, -0.05) is 40.5 Å². The van der Waals surface area contributed by atoms with Crippen LogP contribution in [0.3, 0.4) is 0 Å². The summed E-state index contributed by atoms with van der Waals surface area (Å²) in [5.74, 6) is -0.412. The molecule has 2 unspecified atom stereocenters. The van der Waals surface area contributed by atoms with Crippen molar-refractivity contribution in [3.8, 4) is 0 Å². The molecule has 1 amide bonds. The highest BCUT2D eigenvalue weighted by atomic mass is 16.4. The lowest BCUT2D eigenvalue weighted by atomic mass is 9.85. The van der Waals surface area contributed by atoms with Gasteiger partial charge in [-0.25, -0.2) is 0 Å². The summed E-state index contributed by atoms with van der Waals surface area (Å²) in [6.07, 6.45) is 4.08. The number of aliphatic carboxylic acids is 1. The lowest BCUT2D eigenvalue weighted by Gasteiger charge is -2.26. The molecule has 0 aliphatic carbocycles. The number of carboxylic acid groups (broad SMARTS) is 1. The van der Waals surface area contributed by atoms with Crippen molar-refractivity contribution in [3.05, 3.63) is 0 Å². The van der Waals surface area contributed by atoms with Crippen molar-refractivity contribution in [2.45, 2.75) is 72.3 Å². The first-order valence-corrected chi connectivity index (χ1v) is 7.90. The van der Waals surface area contributed by atoms with Crippen LogP contribution >= 0.6 is 0 Å². The maximum absolute atomic E-state index is 11.8. The topological polar surface area (TPSA) is 92.4 Å². The lowest BCUT2D eigenvalue weighted by molar-refractivity contribution is -0.137. The zero-order valence-electron chi connectivity index (χ0n) is 13.9. The maximum Gasteiger partial charge on any atom is 0.303 e. The average Bonchev–Trinajstić information content (AvgIpc) is 2.34. The van der Waals surface area contributed by atoms with Crippen LogP contribution in [0.5, 0.6) is 0 Å². The molecule has 21 heavy (non-hydrogen) atoms. The summed E-state index contributed by atoms with van der Waals surface area (Å²) < 4.78 is 0. The van der Waals surface area contributed by atoms with E-state index >= 15 is 0 Å². The first-order valence-electron chi connectivity index (χ1n) is 7.90. The molecule has 0 aliphatic rings. The highest BCUT2D eigenvalue weighted by molar-refractivity contribution is 5.76. The standard InChI is InChI=1S/C16H32N2O3/c1-5-6-12(7-8-15(20)21)9-10-18-14(19)11-13(17)16(2,3)4/h12-13H,5-11,17H2,1-4H3,(H,18,19)(H,20,21). The minimum Gasteiger partial charge on any atom is -0.481 e. The van der Waals surface area contributed by atoms with Gasteiger partial charge in [-0.15, -0.1) is 0 Å². The second kappa shape index (κ2) is 9.77. The Morgan fingerprint density at radius 3 is 2.29 bits per heavy atom. The minimum absolute atomic E-state index is 0.0223. The maximum atomic E-state index is 11.8. The number of nitrogens with two attached hydrogens (primary N) is 1. The van der Waals surface area contributed by atoms with E-state index in [1.54, 1.807) is 0 Å². The molecule has 0 fully saturated rings. The van der Waals surface area contributed by atoms with Gasteiger partial charge in [0.2, 0.25) is 5.91 Å². The van der Waals surface area contributed by atoms with Crippen LogP contribution in [0.2, 0.25) is 0 Å². The number of amides is 1. The summed E-state index contributed by atoms with van der Waals surface area (Å²) in [6, 6.07) is -0.157. The van der Waals surface area contributed by atoms with Crippen LogP contribution in [0.1, 0.15) is 66.2 Å². The fourth-order valence-corrected chi connectivity index (χ4v) is 2.16. The van der Waals surface area contributed by atoms with Crippen LogP contribution in [0.25, 0.3) is 0 Å². The van der Waals surface area contributed by atoms with Crippen molar-refractivity contribution in [1.29, 1.82) is 0 Å². The third-order valence-electron chi connectivity index (χ3n) is 3.86. The predicted octanol–water partition coefficient (Wildman–Crippen LogP) is 2.54. The molecule has 0 spiro atoms. The van der Waals surface area contributed by atoms with E-state index in [1.165, 1.54) is 0 Å². The molecule has 0 aromatic heterocycles. The number of nitrogens with one attached hydrogen (secondary N) is 1. The third kappa shape index (κ3) is 10.3. The fourth-order valence-electron chi connectivity index (χ4n) is 2.16. The minimum atomic E-state index is -0.753. The Hall–Kier alpha value is -1.10. The Kier molecular flexibility index (Phi) is 9.26. The summed E-state index contributed by atoms with van der Waals surface area (Å²) in [5, 5.41) is 11.6. The molecule has 5 heteroatoms. The molecule has 0 radical (unpaired) electrons. The van der Waals surface area contributed by atoms with Crippen LogP contribution in [-0.4, -0.2) is 29.6 Å². The first kappa shape index (κ1) is 19.9. The van der Waals surface area contributed by atoms with E-state index < -0.39 is 5.97 Å². The molecule has 0 rings (SSSR count). The number of hydrogen-bond acceptors (Lipinski definition) is 3. The number of carbonyl (C=O) groups excluding carboxylic acids is 1. The molecule has 124 valence electrons. The van der Waals surface area contributed by atoms with Crippen LogP contribution < -0.4 is 11.1 Å². The predicted molar refractivity (Wildman–Crippen MR) is 84.9 cm³/mol. The van der Waals surface area contributed by atoms with Gasteiger partial charge in [0.05, 0.1) is 0 Å². The molecule has 0 saturated heterocycles. The monoisotopic (exact) mass is 300 g/mol. The van der Waals surface area contributed by atoms with Gasteiger partial charge in [-0.3, -0.25) is 9.59 Å². The van der Waals surface area contributed by atoms with Gasteiger partial charge in [0.1, 0.15) is 0 Å².